The molecule has 0 saturated heterocycles. The molecule has 0 saturated carbocycles. The Bertz CT molecular complexity index is 991. The normalized spacial score (nSPS) is 10.6. The number of phenols is 1. The first-order valence-corrected chi connectivity index (χ1v) is 8.72. The van der Waals surface area contributed by atoms with E-state index < -0.39 is 0 Å². The van der Waals surface area contributed by atoms with E-state index in [1.165, 1.54) is 7.11 Å². The van der Waals surface area contributed by atoms with Crippen LogP contribution in [0.2, 0.25) is 0 Å². The number of phenolic OH excluding ortho intramolecular Hbond substituents is 1. The number of hydrogen-bond donors (Lipinski definition) is 2. The predicted molar refractivity (Wildman–Crippen MR) is 104 cm³/mol. The molecule has 28 heavy (non-hydrogen) atoms. The topological polar surface area (TPSA) is 93.8 Å². The van der Waals surface area contributed by atoms with Gasteiger partial charge in [0.25, 0.3) is 5.91 Å². The second-order valence-corrected chi connectivity index (χ2v) is 6.43. The van der Waals surface area contributed by atoms with Crippen molar-refractivity contribution in [2.45, 2.75) is 27.4 Å². The molecule has 2 N–H and O–H groups in total. The van der Waals surface area contributed by atoms with Crippen LogP contribution in [0.5, 0.6) is 17.2 Å². The fraction of sp³-hybridized carbons (Fsp3) is 0.238. The van der Waals surface area contributed by atoms with Gasteiger partial charge in [0.05, 0.1) is 24.1 Å². The maximum atomic E-state index is 12.5. The Morgan fingerprint density at radius 3 is 2.57 bits per heavy atom. The molecule has 1 heterocycles. The van der Waals surface area contributed by atoms with E-state index in [9.17, 15) is 9.90 Å². The zero-order valence-corrected chi connectivity index (χ0v) is 16.2. The summed E-state index contributed by atoms with van der Waals surface area (Å²) in [5.41, 5.74) is 3.26. The van der Waals surface area contributed by atoms with Gasteiger partial charge in [0.1, 0.15) is 18.1 Å². The van der Waals surface area contributed by atoms with Crippen LogP contribution in [0, 0.1) is 20.8 Å². The Labute approximate surface area is 162 Å². The molecule has 0 unspecified atom stereocenters. The number of hydrogen-bond acceptors (Lipinski definition) is 6. The molecule has 1 amide bonds. The van der Waals surface area contributed by atoms with Crippen molar-refractivity contribution in [3.8, 4) is 17.2 Å². The molecule has 0 radical (unpaired) electrons. The quantitative estimate of drug-likeness (QED) is 0.622. The maximum absolute atomic E-state index is 12.5. The number of aryl methyl sites for hydroxylation is 3. The van der Waals surface area contributed by atoms with Gasteiger partial charge in [-0.25, -0.2) is 0 Å². The fourth-order valence-corrected chi connectivity index (χ4v) is 2.73. The molecule has 146 valence electrons. The molecule has 3 aromatic rings. The molecule has 7 nitrogen and oxygen atoms in total. The van der Waals surface area contributed by atoms with Gasteiger partial charge in [-0.15, -0.1) is 0 Å². The molecular weight excluding hydrogens is 360 g/mol. The van der Waals surface area contributed by atoms with Crippen molar-refractivity contribution < 1.29 is 23.9 Å². The highest BCUT2D eigenvalue weighted by molar-refractivity contribution is 6.05. The van der Waals surface area contributed by atoms with Crippen LogP contribution in [-0.4, -0.2) is 23.3 Å². The lowest BCUT2D eigenvalue weighted by Gasteiger charge is -2.13. The van der Waals surface area contributed by atoms with E-state index in [0.717, 1.165) is 16.8 Å². The molecule has 3 rings (SSSR count). The third kappa shape index (κ3) is 4.09. The number of aromatic nitrogens is 1. The van der Waals surface area contributed by atoms with E-state index in [4.69, 9.17) is 14.0 Å². The van der Waals surface area contributed by atoms with Gasteiger partial charge in [-0.2, -0.15) is 0 Å². The molecule has 0 aliphatic rings. The van der Waals surface area contributed by atoms with E-state index in [1.54, 1.807) is 30.3 Å². The monoisotopic (exact) mass is 382 g/mol. The molecule has 0 spiro atoms. The Balaban J connectivity index is 1.75. The van der Waals surface area contributed by atoms with E-state index in [0.29, 0.717) is 28.5 Å². The summed E-state index contributed by atoms with van der Waals surface area (Å²) in [6.07, 6.45) is 0. The minimum absolute atomic E-state index is 0.0136. The summed E-state index contributed by atoms with van der Waals surface area (Å²) >= 11 is 0. The second-order valence-electron chi connectivity index (χ2n) is 6.43. The van der Waals surface area contributed by atoms with Crippen molar-refractivity contribution >= 4 is 11.6 Å². The van der Waals surface area contributed by atoms with Crippen molar-refractivity contribution in [2.75, 3.05) is 12.4 Å². The predicted octanol–water partition coefficient (Wildman–Crippen LogP) is 4.15. The summed E-state index contributed by atoms with van der Waals surface area (Å²) in [4.78, 5) is 12.5. The molecule has 0 aliphatic heterocycles. The molecule has 0 fully saturated rings. The highest BCUT2D eigenvalue weighted by Crippen LogP contribution is 2.30. The largest absolute Gasteiger partial charge is 0.506 e. The third-order valence-electron chi connectivity index (χ3n) is 4.38. The van der Waals surface area contributed by atoms with Crippen molar-refractivity contribution in [1.82, 2.24) is 5.16 Å². The van der Waals surface area contributed by atoms with Crippen LogP contribution in [0.3, 0.4) is 0 Å². The van der Waals surface area contributed by atoms with E-state index >= 15 is 0 Å². The summed E-state index contributed by atoms with van der Waals surface area (Å²) in [6.45, 7) is 5.81. The van der Waals surface area contributed by atoms with Crippen LogP contribution < -0.4 is 14.8 Å². The third-order valence-corrected chi connectivity index (χ3v) is 4.38. The Hall–Kier alpha value is -3.48. The van der Waals surface area contributed by atoms with Crippen LogP contribution in [0.25, 0.3) is 0 Å². The van der Waals surface area contributed by atoms with Gasteiger partial charge in [0.2, 0.25) is 0 Å². The van der Waals surface area contributed by atoms with Crippen molar-refractivity contribution in [3.05, 3.63) is 64.5 Å². The second kappa shape index (κ2) is 8.04. The number of methoxy groups -OCH3 is 1. The van der Waals surface area contributed by atoms with Crippen molar-refractivity contribution in [1.29, 1.82) is 0 Å². The van der Waals surface area contributed by atoms with Gasteiger partial charge in [-0.3, -0.25) is 4.79 Å². The highest BCUT2D eigenvalue weighted by Gasteiger charge is 2.15. The first-order chi connectivity index (χ1) is 13.4. The molecule has 0 bridgehead atoms. The fourth-order valence-electron chi connectivity index (χ4n) is 2.73. The number of aromatic hydroxyl groups is 1. The summed E-state index contributed by atoms with van der Waals surface area (Å²) in [5.74, 6) is 1.27. The molecule has 0 atom stereocenters. The van der Waals surface area contributed by atoms with Crippen LogP contribution in [0.15, 0.2) is 40.9 Å². The SMILES string of the molecule is COc1cc(C(=O)Nc2ccc(C)cc2O)ccc1OCc1c(C)noc1C. The number of carbonyl (C=O) groups is 1. The van der Waals surface area contributed by atoms with Gasteiger partial charge in [0, 0.05) is 5.56 Å². The lowest BCUT2D eigenvalue weighted by atomic mass is 10.1. The number of ether oxygens (including phenoxy) is 2. The number of rotatable bonds is 6. The lowest BCUT2D eigenvalue weighted by Crippen LogP contribution is -2.12. The van der Waals surface area contributed by atoms with Gasteiger partial charge in [-0.05, 0) is 56.7 Å². The molecule has 1 aromatic heterocycles. The summed E-state index contributed by atoms with van der Waals surface area (Å²) in [7, 11) is 1.51. The maximum Gasteiger partial charge on any atom is 0.255 e. The average Bonchev–Trinajstić information content (AvgIpc) is 3.00. The zero-order chi connectivity index (χ0) is 20.3. The molecule has 7 heteroatoms. The number of carbonyl (C=O) groups excluding carboxylic acids is 1. The van der Waals surface area contributed by atoms with Crippen LogP contribution in [-0.2, 0) is 6.61 Å². The van der Waals surface area contributed by atoms with Gasteiger partial charge < -0.3 is 24.4 Å². The van der Waals surface area contributed by atoms with E-state index in [2.05, 4.69) is 10.5 Å². The van der Waals surface area contributed by atoms with Crippen molar-refractivity contribution in [2.24, 2.45) is 0 Å². The summed E-state index contributed by atoms with van der Waals surface area (Å²) in [6, 6.07) is 9.93. The molecule has 0 aliphatic carbocycles. The standard InChI is InChI=1S/C21H22N2O5/c1-12-5-7-17(18(24)9-12)22-21(25)15-6-8-19(20(10-15)26-4)27-11-16-13(2)23-28-14(16)3/h5-10,24H,11H2,1-4H3,(H,22,25). The van der Waals surface area contributed by atoms with Crippen LogP contribution in [0.4, 0.5) is 5.69 Å². The number of anilines is 1. The summed E-state index contributed by atoms with van der Waals surface area (Å²) in [5, 5.41) is 16.6. The number of amides is 1. The van der Waals surface area contributed by atoms with Crippen molar-refractivity contribution in [3.63, 3.8) is 0 Å². The highest BCUT2D eigenvalue weighted by atomic mass is 16.5. The van der Waals surface area contributed by atoms with E-state index in [-0.39, 0.29) is 18.3 Å². The minimum atomic E-state index is -0.366. The zero-order valence-electron chi connectivity index (χ0n) is 16.2. The van der Waals surface area contributed by atoms with Gasteiger partial charge >= 0.3 is 0 Å². The lowest BCUT2D eigenvalue weighted by molar-refractivity contribution is 0.102. The van der Waals surface area contributed by atoms with Crippen LogP contribution >= 0.6 is 0 Å². The Morgan fingerprint density at radius 2 is 1.93 bits per heavy atom. The number of benzene rings is 2. The number of nitrogens with one attached hydrogen (secondary N) is 1. The minimum Gasteiger partial charge on any atom is -0.506 e. The molecular formula is C21H22N2O5. The summed E-state index contributed by atoms with van der Waals surface area (Å²) < 4.78 is 16.3. The van der Waals surface area contributed by atoms with E-state index in [1.807, 2.05) is 26.8 Å². The Morgan fingerprint density at radius 1 is 1.14 bits per heavy atom. The van der Waals surface area contributed by atoms with Gasteiger partial charge in [-0.1, -0.05) is 11.2 Å². The van der Waals surface area contributed by atoms with Gasteiger partial charge in [0.15, 0.2) is 11.5 Å². The number of nitrogens with zero attached hydrogens (tertiary/aromatic N) is 1. The van der Waals surface area contributed by atoms with Crippen LogP contribution in [0.1, 0.15) is 32.9 Å². The average molecular weight is 382 g/mol. The Kier molecular flexibility index (Phi) is 5.54. The smallest absolute Gasteiger partial charge is 0.255 e. The first-order valence-electron chi connectivity index (χ1n) is 8.72. The molecule has 2 aromatic carbocycles. The first kappa shape index (κ1) is 19.3.